The molecule has 0 aliphatic carbocycles. The molecule has 5 rings (SSSR count). The molecule has 1 amide bonds. The van der Waals surface area contributed by atoms with Crippen LogP contribution >= 0.6 is 0 Å². The van der Waals surface area contributed by atoms with Gasteiger partial charge in [0.2, 0.25) is 5.91 Å². The summed E-state index contributed by atoms with van der Waals surface area (Å²) in [6.07, 6.45) is -1.13. The average molecular weight is 591 g/mol. The molecule has 0 spiro atoms. The van der Waals surface area contributed by atoms with Gasteiger partial charge in [-0.15, -0.1) is 0 Å². The number of carboxylic acid groups (broad SMARTS) is 1. The molecular weight excluding hydrogens is 565 g/mol. The summed E-state index contributed by atoms with van der Waals surface area (Å²) in [6, 6.07) is 13.7. The van der Waals surface area contributed by atoms with E-state index in [9.17, 15) is 36.3 Å². The van der Waals surface area contributed by atoms with Crippen molar-refractivity contribution in [1.29, 1.82) is 0 Å². The highest BCUT2D eigenvalue weighted by atomic mass is 32.2. The molecule has 216 valence electrons. The zero-order valence-electron chi connectivity index (χ0n) is 21.6. The number of sulfonamides is 1. The highest BCUT2D eigenvalue weighted by Crippen LogP contribution is 2.42. The number of carbonyl (C=O) groups is 2. The predicted molar refractivity (Wildman–Crippen MR) is 141 cm³/mol. The molecule has 41 heavy (non-hydrogen) atoms. The summed E-state index contributed by atoms with van der Waals surface area (Å²) >= 11 is 0. The van der Waals surface area contributed by atoms with E-state index in [4.69, 9.17) is 4.74 Å². The second-order valence-electron chi connectivity index (χ2n) is 9.97. The first-order chi connectivity index (χ1) is 19.4. The van der Waals surface area contributed by atoms with Crippen LogP contribution in [0.3, 0.4) is 0 Å². The normalized spacial score (nSPS) is 20.4. The molecule has 0 radical (unpaired) electrons. The number of carboxylic acids is 1. The van der Waals surface area contributed by atoms with Crippen LogP contribution in [0.4, 0.5) is 18.9 Å². The Morgan fingerprint density at radius 2 is 1.95 bits per heavy atom. The van der Waals surface area contributed by atoms with Crippen molar-refractivity contribution in [2.45, 2.75) is 49.3 Å². The maximum atomic E-state index is 14.3. The number of nitrogens with one attached hydrogen (secondary N) is 1. The summed E-state index contributed by atoms with van der Waals surface area (Å²) in [5.41, 5.74) is -0.410. The van der Waals surface area contributed by atoms with Gasteiger partial charge in [-0.3, -0.25) is 9.10 Å². The molecule has 0 saturated carbocycles. The molecule has 0 bridgehead atoms. The molecule has 1 saturated heterocycles. The fourth-order valence-corrected chi connectivity index (χ4v) is 6.74. The van der Waals surface area contributed by atoms with Crippen LogP contribution in [-0.4, -0.2) is 50.2 Å². The van der Waals surface area contributed by atoms with Crippen LogP contribution in [0.25, 0.3) is 11.1 Å². The molecule has 0 unspecified atom stereocenters. The van der Waals surface area contributed by atoms with Crippen molar-refractivity contribution in [2.24, 2.45) is 0 Å². The third-order valence-corrected chi connectivity index (χ3v) is 8.82. The summed E-state index contributed by atoms with van der Waals surface area (Å²) in [6.45, 7) is -1.73. The van der Waals surface area contributed by atoms with Gasteiger partial charge in [-0.1, -0.05) is 18.2 Å². The number of hydrogen-bond donors (Lipinski definition) is 2. The summed E-state index contributed by atoms with van der Waals surface area (Å²) in [5.74, 6) is -2.83. The highest BCUT2D eigenvalue weighted by Gasteiger charge is 2.48. The van der Waals surface area contributed by atoms with E-state index >= 15 is 0 Å². The number of benzene rings is 3. The number of alkyl halides is 2. The summed E-state index contributed by atoms with van der Waals surface area (Å²) in [4.78, 5) is 24.1. The van der Waals surface area contributed by atoms with E-state index in [0.29, 0.717) is 11.1 Å². The van der Waals surface area contributed by atoms with Gasteiger partial charge < -0.3 is 19.9 Å². The SMILES string of the molecule is Cc1cccc(S(=O)(=O)N2C[C@H](C[C@@]3(C(=O)O)CCC(=O)N3)Oc3ccc(-c4cc(F)cc(OC(F)F)c4)cc32)c1. The van der Waals surface area contributed by atoms with Crippen molar-refractivity contribution in [2.75, 3.05) is 10.8 Å². The van der Waals surface area contributed by atoms with Crippen molar-refractivity contribution in [1.82, 2.24) is 5.32 Å². The first-order valence-corrected chi connectivity index (χ1v) is 14.0. The van der Waals surface area contributed by atoms with Gasteiger partial charge >= 0.3 is 12.6 Å². The van der Waals surface area contributed by atoms with Crippen molar-refractivity contribution in [3.8, 4) is 22.6 Å². The number of hydrogen-bond acceptors (Lipinski definition) is 6. The fourth-order valence-electron chi connectivity index (χ4n) is 5.14. The first kappa shape index (κ1) is 28.3. The maximum absolute atomic E-state index is 14.3. The van der Waals surface area contributed by atoms with Gasteiger partial charge in [0.15, 0.2) is 0 Å². The number of fused-ring (bicyclic) bond motifs is 1. The van der Waals surface area contributed by atoms with Crippen LogP contribution in [-0.2, 0) is 19.6 Å². The Labute approximate surface area is 233 Å². The number of carbonyl (C=O) groups excluding carboxylic acids is 1. The smallest absolute Gasteiger partial charge is 0.387 e. The summed E-state index contributed by atoms with van der Waals surface area (Å²) in [5, 5.41) is 12.4. The largest absolute Gasteiger partial charge is 0.486 e. The number of ether oxygens (including phenoxy) is 2. The molecule has 2 N–H and O–H groups in total. The van der Waals surface area contributed by atoms with Crippen molar-refractivity contribution in [3.05, 3.63) is 72.0 Å². The lowest BCUT2D eigenvalue weighted by atomic mass is 9.90. The average Bonchev–Trinajstić information content (AvgIpc) is 3.28. The van der Waals surface area contributed by atoms with Crippen LogP contribution in [0.15, 0.2) is 65.6 Å². The van der Waals surface area contributed by atoms with Crippen LogP contribution < -0.4 is 19.1 Å². The van der Waals surface area contributed by atoms with Crippen LogP contribution in [0.1, 0.15) is 24.8 Å². The van der Waals surface area contributed by atoms with Crippen LogP contribution in [0.5, 0.6) is 11.5 Å². The standard InChI is InChI=1S/C28H25F3N2O7S/c1-16-3-2-4-22(9-16)41(37,38)33-15-21(14-28(26(35)36)8-7-25(34)32-28)39-24-6-5-17(12-23(24)33)18-10-19(29)13-20(11-18)40-27(30)31/h2-6,9-13,21,27H,7-8,14-15H2,1H3,(H,32,34)(H,35,36)/t21-,28+/m0/s1. The minimum absolute atomic E-state index is 0.00910. The molecular formula is C28H25F3N2O7S. The monoisotopic (exact) mass is 590 g/mol. The molecule has 2 atom stereocenters. The molecule has 2 aliphatic rings. The number of aliphatic carboxylic acids is 1. The Kier molecular flexibility index (Phi) is 7.32. The van der Waals surface area contributed by atoms with E-state index < -0.39 is 51.7 Å². The number of halogens is 3. The first-order valence-electron chi connectivity index (χ1n) is 12.6. The minimum Gasteiger partial charge on any atom is -0.486 e. The van der Waals surface area contributed by atoms with E-state index in [1.165, 1.54) is 36.4 Å². The fraction of sp³-hybridized carbons (Fsp3) is 0.286. The van der Waals surface area contributed by atoms with Crippen LogP contribution in [0.2, 0.25) is 0 Å². The number of anilines is 1. The van der Waals surface area contributed by atoms with Gasteiger partial charge in [0.25, 0.3) is 10.0 Å². The van der Waals surface area contributed by atoms with Crippen molar-refractivity contribution >= 4 is 27.6 Å². The van der Waals surface area contributed by atoms with E-state index in [-0.39, 0.29) is 47.7 Å². The van der Waals surface area contributed by atoms with Gasteiger partial charge in [0.05, 0.1) is 17.1 Å². The van der Waals surface area contributed by atoms with Gasteiger partial charge in [0, 0.05) is 18.9 Å². The molecule has 3 aromatic rings. The highest BCUT2D eigenvalue weighted by molar-refractivity contribution is 7.92. The number of rotatable bonds is 8. The Balaban J connectivity index is 1.59. The Morgan fingerprint density at radius 3 is 2.61 bits per heavy atom. The Bertz CT molecular complexity index is 1630. The van der Waals surface area contributed by atoms with Gasteiger partial charge in [-0.05, 0) is 66.4 Å². The van der Waals surface area contributed by atoms with Gasteiger partial charge in [-0.25, -0.2) is 17.6 Å². The van der Waals surface area contributed by atoms with Gasteiger partial charge in [-0.2, -0.15) is 8.78 Å². The Hall–Kier alpha value is -4.26. The summed E-state index contributed by atoms with van der Waals surface area (Å²) in [7, 11) is -4.23. The number of nitrogens with zero attached hydrogens (tertiary/aromatic N) is 1. The second kappa shape index (κ2) is 10.6. The van der Waals surface area contributed by atoms with E-state index in [1.54, 1.807) is 19.1 Å². The number of amides is 1. The zero-order valence-corrected chi connectivity index (χ0v) is 22.5. The van der Waals surface area contributed by atoms with E-state index in [1.807, 2.05) is 0 Å². The lowest BCUT2D eigenvalue weighted by Crippen LogP contribution is -2.54. The van der Waals surface area contributed by atoms with E-state index in [0.717, 1.165) is 16.4 Å². The third-order valence-electron chi connectivity index (χ3n) is 7.04. The summed E-state index contributed by atoms with van der Waals surface area (Å²) < 4.78 is 79.2. The van der Waals surface area contributed by atoms with Crippen molar-refractivity contribution in [3.63, 3.8) is 0 Å². The van der Waals surface area contributed by atoms with E-state index in [2.05, 4.69) is 10.1 Å². The van der Waals surface area contributed by atoms with Gasteiger partial charge in [0.1, 0.15) is 29.0 Å². The minimum atomic E-state index is -4.23. The molecule has 1 fully saturated rings. The predicted octanol–water partition coefficient (Wildman–Crippen LogP) is 4.48. The van der Waals surface area contributed by atoms with Crippen LogP contribution in [0, 0.1) is 12.7 Å². The molecule has 9 nitrogen and oxygen atoms in total. The number of aryl methyl sites for hydroxylation is 1. The van der Waals surface area contributed by atoms with Crippen molar-refractivity contribution < 1.29 is 45.8 Å². The molecule has 2 aliphatic heterocycles. The molecule has 3 aromatic carbocycles. The topological polar surface area (TPSA) is 122 Å². The molecule has 13 heteroatoms. The zero-order chi connectivity index (χ0) is 29.5. The molecule has 2 heterocycles. The maximum Gasteiger partial charge on any atom is 0.387 e. The molecule has 0 aromatic heterocycles. The Morgan fingerprint density at radius 1 is 1.17 bits per heavy atom. The third kappa shape index (κ3) is 5.67. The quantitative estimate of drug-likeness (QED) is 0.397. The lowest BCUT2D eigenvalue weighted by Gasteiger charge is -2.38. The second-order valence-corrected chi connectivity index (χ2v) is 11.8. The lowest BCUT2D eigenvalue weighted by molar-refractivity contribution is -0.146.